The predicted molar refractivity (Wildman–Crippen MR) is 89.4 cm³/mol. The molecular formula is C16H24N4O3. The van der Waals surface area contributed by atoms with E-state index in [0.717, 1.165) is 5.56 Å². The van der Waals surface area contributed by atoms with Gasteiger partial charge in [0.05, 0.1) is 30.6 Å². The van der Waals surface area contributed by atoms with Crippen LogP contribution in [-0.2, 0) is 11.2 Å². The third-order valence-electron chi connectivity index (χ3n) is 3.42. The number of nitrogens with one attached hydrogen (secondary N) is 1. The van der Waals surface area contributed by atoms with Crippen molar-refractivity contribution in [1.82, 2.24) is 10.2 Å². The zero-order chi connectivity index (χ0) is 17.2. The number of nitrogens with zero attached hydrogens (tertiary/aromatic N) is 3. The highest BCUT2D eigenvalue weighted by molar-refractivity contribution is 5.94. The fourth-order valence-corrected chi connectivity index (χ4v) is 2.21. The molecule has 0 aliphatic heterocycles. The minimum Gasteiger partial charge on any atom is -0.411 e. The van der Waals surface area contributed by atoms with Crippen LogP contribution in [0.2, 0.25) is 0 Å². The first-order valence-electron chi connectivity index (χ1n) is 7.36. The van der Waals surface area contributed by atoms with Gasteiger partial charge in [-0.15, -0.1) is 0 Å². The summed E-state index contributed by atoms with van der Waals surface area (Å²) in [7, 11) is 1.73. The molecule has 0 aliphatic carbocycles. The molecule has 0 heterocycles. The molecule has 7 heteroatoms. The predicted octanol–water partition coefficient (Wildman–Crippen LogP) is 1.35. The molecule has 0 fully saturated rings. The first-order valence-corrected chi connectivity index (χ1v) is 7.36. The van der Waals surface area contributed by atoms with Crippen LogP contribution in [-0.4, -0.2) is 58.8 Å². The fourth-order valence-electron chi connectivity index (χ4n) is 2.21. The molecule has 1 aromatic rings. The smallest absolute Gasteiger partial charge is 0.240 e. The number of rotatable bonds is 8. The van der Waals surface area contributed by atoms with Crippen molar-refractivity contribution in [2.75, 3.05) is 20.1 Å². The van der Waals surface area contributed by atoms with E-state index in [4.69, 9.17) is 10.4 Å². The van der Waals surface area contributed by atoms with Crippen LogP contribution < -0.4 is 5.32 Å². The maximum Gasteiger partial charge on any atom is 0.240 e. The van der Waals surface area contributed by atoms with Gasteiger partial charge in [0.1, 0.15) is 0 Å². The Balaban J connectivity index is 2.90. The van der Waals surface area contributed by atoms with Crippen molar-refractivity contribution in [2.24, 2.45) is 10.3 Å². The molecule has 3 N–H and O–H groups in total. The van der Waals surface area contributed by atoms with Crippen LogP contribution in [0.1, 0.15) is 19.4 Å². The van der Waals surface area contributed by atoms with E-state index in [1.807, 2.05) is 30.3 Å². The maximum absolute atomic E-state index is 12.8. The van der Waals surface area contributed by atoms with Crippen molar-refractivity contribution in [3.05, 3.63) is 35.9 Å². The normalized spacial score (nSPS) is 13.7. The van der Waals surface area contributed by atoms with Crippen LogP contribution in [0.4, 0.5) is 0 Å². The SMILES string of the molecule is CN[C@@H](Cc1ccccc1)C(=O)N(C/C(C)=N/O)C/C(C)=N/O. The summed E-state index contributed by atoms with van der Waals surface area (Å²) in [6.07, 6.45) is 0.539. The summed E-state index contributed by atoms with van der Waals surface area (Å²) in [4.78, 5) is 14.3. The highest BCUT2D eigenvalue weighted by Crippen LogP contribution is 2.07. The van der Waals surface area contributed by atoms with Crippen LogP contribution in [0.3, 0.4) is 0 Å². The van der Waals surface area contributed by atoms with E-state index < -0.39 is 6.04 Å². The average Bonchev–Trinajstić information content (AvgIpc) is 2.58. The van der Waals surface area contributed by atoms with Crippen LogP contribution in [0.25, 0.3) is 0 Å². The molecule has 0 aromatic heterocycles. The molecule has 7 nitrogen and oxygen atoms in total. The van der Waals surface area contributed by atoms with Crippen molar-refractivity contribution < 1.29 is 15.2 Å². The van der Waals surface area contributed by atoms with E-state index in [-0.39, 0.29) is 19.0 Å². The number of likely N-dealkylation sites (N-methyl/N-ethyl adjacent to an activating group) is 1. The molecule has 0 unspecified atom stereocenters. The van der Waals surface area contributed by atoms with Gasteiger partial charge < -0.3 is 20.6 Å². The Morgan fingerprint density at radius 2 is 1.65 bits per heavy atom. The lowest BCUT2D eigenvalue weighted by Gasteiger charge is -2.27. The highest BCUT2D eigenvalue weighted by Gasteiger charge is 2.24. The summed E-state index contributed by atoms with van der Waals surface area (Å²) >= 11 is 0. The quantitative estimate of drug-likeness (QED) is 0.382. The third kappa shape index (κ3) is 6.07. The van der Waals surface area contributed by atoms with E-state index in [2.05, 4.69) is 15.6 Å². The molecule has 126 valence electrons. The Morgan fingerprint density at radius 1 is 1.13 bits per heavy atom. The lowest BCUT2D eigenvalue weighted by molar-refractivity contribution is -0.131. The molecule has 1 atom stereocenters. The Kier molecular flexibility index (Phi) is 7.76. The second-order valence-electron chi connectivity index (χ2n) is 5.40. The molecule has 1 aromatic carbocycles. The summed E-state index contributed by atoms with van der Waals surface area (Å²) in [5, 5.41) is 26.9. The molecule has 1 amide bonds. The standard InChI is InChI=1S/C16H24N4O3/c1-12(18-22)10-20(11-13(2)19-23)16(21)15(17-3)9-14-7-5-4-6-8-14/h4-8,15,17,22-23H,9-11H2,1-3H3/b18-12+,19-13+/t15-/m0/s1. The number of carbonyl (C=O) groups excluding carboxylic acids is 1. The van der Waals surface area contributed by atoms with Crippen LogP contribution in [0.5, 0.6) is 0 Å². The summed E-state index contributed by atoms with van der Waals surface area (Å²) in [5.74, 6) is -0.151. The summed E-state index contributed by atoms with van der Waals surface area (Å²) in [6, 6.07) is 9.28. The first-order chi connectivity index (χ1) is 11.0. The van der Waals surface area contributed by atoms with Gasteiger partial charge in [-0.3, -0.25) is 4.79 Å². The maximum atomic E-state index is 12.8. The van der Waals surface area contributed by atoms with E-state index in [9.17, 15) is 4.79 Å². The minimum atomic E-state index is -0.421. The molecule has 0 aliphatic rings. The zero-order valence-electron chi connectivity index (χ0n) is 13.7. The molecule has 0 bridgehead atoms. The molecular weight excluding hydrogens is 296 g/mol. The van der Waals surface area contributed by atoms with Crippen molar-refractivity contribution >= 4 is 17.3 Å². The minimum absolute atomic E-state index is 0.151. The number of benzene rings is 1. The van der Waals surface area contributed by atoms with Gasteiger partial charge in [0.15, 0.2) is 0 Å². The third-order valence-corrected chi connectivity index (χ3v) is 3.42. The fraction of sp³-hybridized carbons (Fsp3) is 0.438. The Labute approximate surface area is 136 Å². The van der Waals surface area contributed by atoms with Gasteiger partial charge in [-0.25, -0.2) is 0 Å². The largest absolute Gasteiger partial charge is 0.411 e. The number of oxime groups is 2. The summed E-state index contributed by atoms with van der Waals surface area (Å²) < 4.78 is 0. The van der Waals surface area contributed by atoms with Gasteiger partial charge in [-0.1, -0.05) is 40.6 Å². The summed E-state index contributed by atoms with van der Waals surface area (Å²) in [6.45, 7) is 3.57. The Morgan fingerprint density at radius 3 is 2.09 bits per heavy atom. The Bertz CT molecular complexity index is 538. The van der Waals surface area contributed by atoms with E-state index in [0.29, 0.717) is 17.8 Å². The molecule has 0 radical (unpaired) electrons. The number of hydrogen-bond donors (Lipinski definition) is 3. The van der Waals surface area contributed by atoms with Crippen molar-refractivity contribution in [3.63, 3.8) is 0 Å². The summed E-state index contributed by atoms with van der Waals surface area (Å²) in [5.41, 5.74) is 1.84. The topological polar surface area (TPSA) is 97.5 Å². The lowest BCUT2D eigenvalue weighted by Crippen LogP contribution is -2.49. The van der Waals surface area contributed by atoms with Crippen molar-refractivity contribution in [1.29, 1.82) is 0 Å². The van der Waals surface area contributed by atoms with Crippen molar-refractivity contribution in [2.45, 2.75) is 26.3 Å². The average molecular weight is 320 g/mol. The van der Waals surface area contributed by atoms with Gasteiger partial charge in [-0.2, -0.15) is 0 Å². The van der Waals surface area contributed by atoms with Gasteiger partial charge >= 0.3 is 0 Å². The number of amides is 1. The van der Waals surface area contributed by atoms with Gasteiger partial charge in [0.2, 0.25) is 5.91 Å². The molecule has 1 rings (SSSR count). The highest BCUT2D eigenvalue weighted by atomic mass is 16.4. The molecule has 0 saturated heterocycles. The molecule has 23 heavy (non-hydrogen) atoms. The van der Waals surface area contributed by atoms with Crippen LogP contribution in [0.15, 0.2) is 40.6 Å². The molecule has 0 spiro atoms. The zero-order valence-corrected chi connectivity index (χ0v) is 13.7. The van der Waals surface area contributed by atoms with Gasteiger partial charge in [0.25, 0.3) is 0 Å². The van der Waals surface area contributed by atoms with Gasteiger partial charge in [0, 0.05) is 0 Å². The van der Waals surface area contributed by atoms with Gasteiger partial charge in [-0.05, 0) is 32.9 Å². The van der Waals surface area contributed by atoms with E-state index >= 15 is 0 Å². The lowest BCUT2D eigenvalue weighted by atomic mass is 10.0. The van der Waals surface area contributed by atoms with E-state index in [1.54, 1.807) is 20.9 Å². The monoisotopic (exact) mass is 320 g/mol. The number of hydrogen-bond acceptors (Lipinski definition) is 6. The van der Waals surface area contributed by atoms with E-state index in [1.165, 1.54) is 4.90 Å². The second-order valence-corrected chi connectivity index (χ2v) is 5.40. The van der Waals surface area contributed by atoms with Crippen molar-refractivity contribution in [3.8, 4) is 0 Å². The van der Waals surface area contributed by atoms with Crippen LogP contribution >= 0.6 is 0 Å². The number of carbonyl (C=O) groups is 1. The second kappa shape index (κ2) is 9.58. The molecule has 0 saturated carbocycles. The van der Waals surface area contributed by atoms with Crippen LogP contribution in [0, 0.1) is 0 Å². The first kappa shape index (κ1) is 18.6. The Hall–Kier alpha value is -2.41.